The first-order chi connectivity index (χ1) is 10.00. The van der Waals surface area contributed by atoms with Crippen molar-refractivity contribution in [3.8, 4) is 0 Å². The third-order valence-corrected chi connectivity index (χ3v) is 4.60. The summed E-state index contributed by atoms with van der Waals surface area (Å²) in [6.45, 7) is 4.29. The van der Waals surface area contributed by atoms with Gasteiger partial charge in [0.1, 0.15) is 0 Å². The molecule has 1 aliphatic rings. The molecule has 3 rings (SSSR count). The molecule has 0 heterocycles. The van der Waals surface area contributed by atoms with E-state index in [-0.39, 0.29) is 23.2 Å². The molecular weight excluding hydrogens is 282 g/mol. The van der Waals surface area contributed by atoms with Gasteiger partial charge in [-0.25, -0.2) is 0 Å². The van der Waals surface area contributed by atoms with E-state index in [1.807, 2.05) is 30.3 Å². The summed E-state index contributed by atoms with van der Waals surface area (Å²) in [5, 5.41) is 3.60. The van der Waals surface area contributed by atoms with E-state index in [4.69, 9.17) is 11.6 Å². The molecule has 108 valence electrons. The molecule has 0 aromatic heterocycles. The van der Waals surface area contributed by atoms with E-state index in [0.29, 0.717) is 5.02 Å². The predicted octanol–water partition coefficient (Wildman–Crippen LogP) is 4.72. The zero-order chi connectivity index (χ0) is 15.0. The normalized spacial score (nSPS) is 22.6. The average Bonchev–Trinajstić information content (AvgIpc) is 3.03. The van der Waals surface area contributed by atoms with E-state index in [9.17, 15) is 4.79 Å². The number of carbonyl (C=O) groups excluding carboxylic acids is 1. The maximum absolute atomic E-state index is 12.5. The largest absolute Gasteiger partial charge is 0.326 e. The summed E-state index contributed by atoms with van der Waals surface area (Å²) in [6, 6.07) is 17.5. The molecule has 0 spiro atoms. The monoisotopic (exact) mass is 299 g/mol. The van der Waals surface area contributed by atoms with Crippen LogP contribution in [0.3, 0.4) is 0 Å². The van der Waals surface area contributed by atoms with Gasteiger partial charge >= 0.3 is 0 Å². The second-order valence-corrected chi connectivity index (χ2v) is 6.62. The van der Waals surface area contributed by atoms with Crippen molar-refractivity contribution < 1.29 is 4.79 Å². The minimum Gasteiger partial charge on any atom is -0.326 e. The summed E-state index contributed by atoms with van der Waals surface area (Å²) in [5.41, 5.74) is 1.97. The van der Waals surface area contributed by atoms with E-state index in [2.05, 4.69) is 31.3 Å². The van der Waals surface area contributed by atoms with Gasteiger partial charge in [-0.1, -0.05) is 61.8 Å². The number of rotatable bonds is 3. The SMILES string of the molecule is CC1(C)[C@@H](C(=O)Nc2cccc(Cl)c2)[C@@H]1c1ccccc1. The fourth-order valence-corrected chi connectivity index (χ4v) is 3.39. The minimum absolute atomic E-state index is 0.00104. The highest BCUT2D eigenvalue weighted by molar-refractivity contribution is 6.30. The van der Waals surface area contributed by atoms with Crippen molar-refractivity contribution in [2.24, 2.45) is 11.3 Å². The molecule has 1 fully saturated rings. The topological polar surface area (TPSA) is 29.1 Å². The van der Waals surface area contributed by atoms with Gasteiger partial charge in [0, 0.05) is 16.6 Å². The Kier molecular flexibility index (Phi) is 3.50. The zero-order valence-corrected chi connectivity index (χ0v) is 12.9. The van der Waals surface area contributed by atoms with Crippen molar-refractivity contribution in [3.05, 3.63) is 65.2 Å². The number of carbonyl (C=O) groups is 1. The zero-order valence-electron chi connectivity index (χ0n) is 12.1. The highest BCUT2D eigenvalue weighted by Crippen LogP contribution is 2.64. The number of halogens is 1. The van der Waals surface area contributed by atoms with E-state index in [1.165, 1.54) is 5.56 Å². The Balaban J connectivity index is 1.77. The summed E-state index contributed by atoms with van der Waals surface area (Å²) in [4.78, 5) is 12.5. The maximum atomic E-state index is 12.5. The van der Waals surface area contributed by atoms with Gasteiger partial charge in [-0.2, -0.15) is 0 Å². The number of benzene rings is 2. The van der Waals surface area contributed by atoms with Crippen LogP contribution in [0.25, 0.3) is 0 Å². The first-order valence-electron chi connectivity index (χ1n) is 7.11. The molecule has 1 N–H and O–H groups in total. The molecule has 1 amide bonds. The molecule has 21 heavy (non-hydrogen) atoms. The van der Waals surface area contributed by atoms with Crippen molar-refractivity contribution in [2.75, 3.05) is 5.32 Å². The van der Waals surface area contributed by atoms with Gasteiger partial charge in [0.05, 0.1) is 5.92 Å². The summed E-state index contributed by atoms with van der Waals surface area (Å²) < 4.78 is 0. The Bertz CT molecular complexity index is 666. The molecule has 1 saturated carbocycles. The summed E-state index contributed by atoms with van der Waals surface area (Å²) in [5.74, 6) is 0.341. The molecule has 0 radical (unpaired) electrons. The van der Waals surface area contributed by atoms with Crippen molar-refractivity contribution in [1.29, 1.82) is 0 Å². The lowest BCUT2D eigenvalue weighted by Crippen LogP contribution is -2.16. The average molecular weight is 300 g/mol. The second kappa shape index (κ2) is 5.19. The molecule has 0 aliphatic heterocycles. The summed E-state index contributed by atoms with van der Waals surface area (Å²) >= 11 is 5.95. The van der Waals surface area contributed by atoms with Crippen LogP contribution in [0.4, 0.5) is 5.69 Å². The molecule has 1 aliphatic carbocycles. The number of hydrogen-bond donors (Lipinski definition) is 1. The maximum Gasteiger partial charge on any atom is 0.228 e. The first kappa shape index (κ1) is 14.2. The molecule has 2 nitrogen and oxygen atoms in total. The van der Waals surface area contributed by atoms with Crippen molar-refractivity contribution >= 4 is 23.2 Å². The van der Waals surface area contributed by atoms with Crippen LogP contribution in [0.2, 0.25) is 5.02 Å². The Morgan fingerprint density at radius 3 is 2.48 bits per heavy atom. The van der Waals surface area contributed by atoms with Crippen LogP contribution in [-0.4, -0.2) is 5.91 Å². The van der Waals surface area contributed by atoms with E-state index >= 15 is 0 Å². The van der Waals surface area contributed by atoms with E-state index < -0.39 is 0 Å². The molecule has 0 saturated heterocycles. The van der Waals surface area contributed by atoms with Gasteiger partial charge in [0.25, 0.3) is 0 Å². The summed E-state index contributed by atoms with van der Waals surface area (Å²) in [7, 11) is 0. The van der Waals surface area contributed by atoms with Crippen molar-refractivity contribution in [2.45, 2.75) is 19.8 Å². The van der Waals surface area contributed by atoms with Gasteiger partial charge in [-0.3, -0.25) is 4.79 Å². The molecule has 2 atom stereocenters. The number of nitrogens with one attached hydrogen (secondary N) is 1. The van der Waals surface area contributed by atoms with Crippen LogP contribution < -0.4 is 5.32 Å². The molecule has 0 unspecified atom stereocenters. The van der Waals surface area contributed by atoms with E-state index in [0.717, 1.165) is 5.69 Å². The van der Waals surface area contributed by atoms with Crippen molar-refractivity contribution in [1.82, 2.24) is 0 Å². The Morgan fingerprint density at radius 1 is 1.10 bits per heavy atom. The van der Waals surface area contributed by atoms with Gasteiger partial charge in [-0.05, 0) is 29.2 Å². The quantitative estimate of drug-likeness (QED) is 0.873. The Morgan fingerprint density at radius 2 is 1.81 bits per heavy atom. The lowest BCUT2D eigenvalue weighted by Gasteiger charge is -2.06. The number of amides is 1. The molecule has 2 aromatic carbocycles. The van der Waals surface area contributed by atoms with Gasteiger partial charge in [0.2, 0.25) is 5.91 Å². The third kappa shape index (κ3) is 2.68. The first-order valence-corrected chi connectivity index (χ1v) is 7.49. The predicted molar refractivity (Wildman–Crippen MR) is 86.5 cm³/mol. The van der Waals surface area contributed by atoms with Gasteiger partial charge in [0.15, 0.2) is 0 Å². The van der Waals surface area contributed by atoms with Crippen LogP contribution in [-0.2, 0) is 4.79 Å². The lowest BCUT2D eigenvalue weighted by atomic mass is 10.0. The molecule has 3 heteroatoms. The fraction of sp³-hybridized carbons (Fsp3) is 0.278. The molecular formula is C18H18ClNO. The number of anilines is 1. The Labute approximate surface area is 130 Å². The highest BCUT2D eigenvalue weighted by Gasteiger charge is 2.62. The Hall–Kier alpha value is -1.80. The van der Waals surface area contributed by atoms with Gasteiger partial charge in [-0.15, -0.1) is 0 Å². The van der Waals surface area contributed by atoms with E-state index in [1.54, 1.807) is 12.1 Å². The fourth-order valence-electron chi connectivity index (χ4n) is 3.20. The lowest BCUT2D eigenvalue weighted by molar-refractivity contribution is -0.118. The van der Waals surface area contributed by atoms with Crippen LogP contribution >= 0.6 is 11.6 Å². The third-order valence-electron chi connectivity index (χ3n) is 4.36. The van der Waals surface area contributed by atoms with Crippen LogP contribution in [0.1, 0.15) is 25.3 Å². The molecule has 2 aromatic rings. The van der Waals surface area contributed by atoms with Crippen molar-refractivity contribution in [3.63, 3.8) is 0 Å². The smallest absolute Gasteiger partial charge is 0.228 e. The standard InChI is InChI=1S/C18H18ClNO/c1-18(2)15(12-7-4-3-5-8-12)16(18)17(21)20-14-10-6-9-13(19)11-14/h3-11,15-16H,1-2H3,(H,20,21)/t15-,16+/m0/s1. The van der Waals surface area contributed by atoms with Crippen LogP contribution in [0.5, 0.6) is 0 Å². The van der Waals surface area contributed by atoms with Gasteiger partial charge < -0.3 is 5.32 Å². The second-order valence-electron chi connectivity index (χ2n) is 6.19. The minimum atomic E-state index is -0.00991. The van der Waals surface area contributed by atoms with Crippen LogP contribution in [0.15, 0.2) is 54.6 Å². The van der Waals surface area contributed by atoms with Crippen LogP contribution in [0, 0.1) is 11.3 Å². The summed E-state index contributed by atoms with van der Waals surface area (Å²) in [6.07, 6.45) is 0. The molecule has 0 bridgehead atoms. The highest BCUT2D eigenvalue weighted by atomic mass is 35.5. The number of hydrogen-bond acceptors (Lipinski definition) is 1.